The van der Waals surface area contributed by atoms with Gasteiger partial charge in [-0.2, -0.15) is 5.10 Å². The minimum Gasteiger partial charge on any atom is -0.317 e. The summed E-state index contributed by atoms with van der Waals surface area (Å²) >= 11 is 1.48. The number of hydrogen-bond donors (Lipinski definition) is 1. The highest BCUT2D eigenvalue weighted by Crippen LogP contribution is 2.38. The number of benzene rings is 1. The zero-order chi connectivity index (χ0) is 12.7. The number of hydrogen-bond acceptors (Lipinski definition) is 6. The third-order valence-electron chi connectivity index (χ3n) is 2.72. The summed E-state index contributed by atoms with van der Waals surface area (Å²) in [6.07, 6.45) is 0. The van der Waals surface area contributed by atoms with Gasteiger partial charge in [-0.3, -0.25) is 14.9 Å². The first kappa shape index (κ1) is 11.0. The topological polar surface area (TPSA) is 87.8 Å². The monoisotopic (exact) mass is 264 g/mol. The first-order valence-corrected chi connectivity index (χ1v) is 6.18. The maximum Gasteiger partial charge on any atom is 0.270 e. The summed E-state index contributed by atoms with van der Waals surface area (Å²) in [4.78, 5) is 24.2. The van der Waals surface area contributed by atoms with Crippen LogP contribution in [-0.2, 0) is 4.79 Å². The lowest BCUT2D eigenvalue weighted by Crippen LogP contribution is -2.47. The van der Waals surface area contributed by atoms with Crippen LogP contribution in [0.25, 0.3) is 0 Å². The fraction of sp³-hybridized carbons (Fsp3) is 0.200. The second-order valence-corrected chi connectivity index (χ2v) is 4.86. The summed E-state index contributed by atoms with van der Waals surface area (Å²) in [7, 11) is 0. The molecule has 2 aliphatic heterocycles. The molecule has 1 N–H and O–H groups in total. The van der Waals surface area contributed by atoms with Crippen molar-refractivity contribution in [3.05, 3.63) is 28.3 Å². The largest absolute Gasteiger partial charge is 0.317 e. The fourth-order valence-electron chi connectivity index (χ4n) is 1.89. The zero-order valence-electron chi connectivity index (χ0n) is 9.12. The summed E-state index contributed by atoms with van der Waals surface area (Å²) in [6.45, 7) is 0.199. The van der Waals surface area contributed by atoms with E-state index in [1.54, 1.807) is 11.0 Å². The molecule has 2 heterocycles. The number of carbonyl (C=O) groups is 1. The molecule has 0 aliphatic carbocycles. The lowest BCUT2D eigenvalue weighted by atomic mass is 10.2. The predicted octanol–water partition coefficient (Wildman–Crippen LogP) is 0.950. The van der Waals surface area contributed by atoms with Crippen molar-refractivity contribution < 1.29 is 9.72 Å². The van der Waals surface area contributed by atoms with Crippen LogP contribution in [0, 0.1) is 10.1 Å². The molecule has 92 valence electrons. The van der Waals surface area contributed by atoms with Gasteiger partial charge in [0.15, 0.2) is 0 Å². The maximum absolute atomic E-state index is 11.3. The highest BCUT2D eigenvalue weighted by molar-refractivity contribution is 8.00. The van der Waals surface area contributed by atoms with E-state index in [4.69, 9.17) is 0 Å². The van der Waals surface area contributed by atoms with Gasteiger partial charge in [0.05, 0.1) is 16.4 Å². The number of nitro groups is 1. The Kier molecular flexibility index (Phi) is 2.44. The molecule has 0 radical (unpaired) electrons. The third kappa shape index (κ3) is 1.70. The van der Waals surface area contributed by atoms with E-state index in [1.165, 1.54) is 23.9 Å². The molecular weight excluding hydrogens is 256 g/mol. The van der Waals surface area contributed by atoms with Crippen LogP contribution in [0.1, 0.15) is 0 Å². The molecule has 0 saturated heterocycles. The molecule has 1 amide bonds. The van der Waals surface area contributed by atoms with Gasteiger partial charge in [0.25, 0.3) is 11.6 Å². The van der Waals surface area contributed by atoms with Crippen LogP contribution >= 0.6 is 11.8 Å². The van der Waals surface area contributed by atoms with Crippen LogP contribution in [0.15, 0.2) is 28.2 Å². The molecule has 0 aromatic heterocycles. The van der Waals surface area contributed by atoms with Crippen LogP contribution in [0.3, 0.4) is 0 Å². The van der Waals surface area contributed by atoms with E-state index in [-0.39, 0.29) is 18.1 Å². The van der Waals surface area contributed by atoms with E-state index in [0.29, 0.717) is 5.75 Å². The van der Waals surface area contributed by atoms with Gasteiger partial charge in [-0.15, -0.1) is 11.8 Å². The maximum atomic E-state index is 11.3. The lowest BCUT2D eigenvalue weighted by molar-refractivity contribution is -0.385. The molecule has 3 rings (SSSR count). The Hall–Kier alpha value is -2.09. The Morgan fingerprint density at radius 1 is 1.50 bits per heavy atom. The van der Waals surface area contributed by atoms with Crippen LogP contribution in [0.5, 0.6) is 0 Å². The number of hydrazone groups is 1. The van der Waals surface area contributed by atoms with Crippen LogP contribution < -0.4 is 10.3 Å². The number of anilines is 1. The Labute approximate surface area is 106 Å². The van der Waals surface area contributed by atoms with Crippen LogP contribution in [0.4, 0.5) is 11.4 Å². The van der Waals surface area contributed by atoms with Crippen LogP contribution in [0.2, 0.25) is 0 Å². The van der Waals surface area contributed by atoms with Crippen molar-refractivity contribution in [3.63, 3.8) is 0 Å². The number of amidine groups is 1. The second-order valence-electron chi connectivity index (χ2n) is 3.85. The normalized spacial score (nSPS) is 17.4. The molecule has 18 heavy (non-hydrogen) atoms. The molecule has 1 aromatic carbocycles. The van der Waals surface area contributed by atoms with Gasteiger partial charge in [0.2, 0.25) is 0 Å². The average Bonchev–Trinajstić information content (AvgIpc) is 2.37. The number of non-ortho nitro benzene ring substituents is 1. The lowest BCUT2D eigenvalue weighted by Gasteiger charge is -2.33. The van der Waals surface area contributed by atoms with Gasteiger partial charge in [-0.05, 0) is 6.07 Å². The first-order valence-electron chi connectivity index (χ1n) is 5.19. The van der Waals surface area contributed by atoms with Gasteiger partial charge >= 0.3 is 0 Å². The summed E-state index contributed by atoms with van der Waals surface area (Å²) in [6, 6.07) is 4.63. The molecule has 0 saturated carbocycles. The summed E-state index contributed by atoms with van der Waals surface area (Å²) in [5.41, 5.74) is 3.28. The quantitative estimate of drug-likeness (QED) is 0.602. The average molecular weight is 264 g/mol. The highest BCUT2D eigenvalue weighted by Gasteiger charge is 2.29. The van der Waals surface area contributed by atoms with E-state index in [0.717, 1.165) is 16.4 Å². The van der Waals surface area contributed by atoms with E-state index in [1.807, 2.05) is 0 Å². The molecule has 0 spiro atoms. The standard InChI is InChI=1S/C10H8N4O3S/c15-10-4-13-7-2-1-6(14(16)17)3-8(7)18-5-9(13)11-12-10/h1-3H,4-5H2,(H,12,15). The second kappa shape index (κ2) is 3.98. The number of amides is 1. The number of rotatable bonds is 1. The molecule has 0 unspecified atom stereocenters. The molecule has 0 fully saturated rings. The van der Waals surface area contributed by atoms with Gasteiger partial charge < -0.3 is 4.90 Å². The molecule has 1 aromatic rings. The van der Waals surface area contributed by atoms with Gasteiger partial charge in [0.1, 0.15) is 12.4 Å². The Morgan fingerprint density at radius 2 is 2.33 bits per heavy atom. The highest BCUT2D eigenvalue weighted by atomic mass is 32.2. The molecular formula is C10H8N4O3S. The van der Waals surface area contributed by atoms with E-state index in [2.05, 4.69) is 10.5 Å². The molecule has 8 heteroatoms. The summed E-state index contributed by atoms with van der Waals surface area (Å²) < 4.78 is 0. The van der Waals surface area contributed by atoms with E-state index >= 15 is 0 Å². The Bertz CT molecular complexity index is 586. The molecule has 2 aliphatic rings. The molecule has 7 nitrogen and oxygen atoms in total. The number of fused-ring (bicyclic) bond motifs is 3. The van der Waals surface area contributed by atoms with Crippen LogP contribution in [-0.4, -0.2) is 29.0 Å². The van der Waals surface area contributed by atoms with Gasteiger partial charge in [0, 0.05) is 17.0 Å². The van der Waals surface area contributed by atoms with Crippen molar-refractivity contribution in [1.29, 1.82) is 0 Å². The summed E-state index contributed by atoms with van der Waals surface area (Å²) in [5, 5.41) is 14.7. The number of nitrogens with zero attached hydrogens (tertiary/aromatic N) is 3. The zero-order valence-corrected chi connectivity index (χ0v) is 9.94. The predicted molar refractivity (Wildman–Crippen MR) is 66.7 cm³/mol. The minimum absolute atomic E-state index is 0.0584. The third-order valence-corrected chi connectivity index (χ3v) is 3.77. The smallest absolute Gasteiger partial charge is 0.270 e. The van der Waals surface area contributed by atoms with E-state index in [9.17, 15) is 14.9 Å². The first-order chi connectivity index (χ1) is 8.65. The van der Waals surface area contributed by atoms with Crippen molar-refractivity contribution in [2.24, 2.45) is 5.10 Å². The fourth-order valence-corrected chi connectivity index (χ4v) is 2.92. The van der Waals surface area contributed by atoms with Crippen molar-refractivity contribution >= 4 is 34.9 Å². The Balaban J connectivity index is 2.05. The minimum atomic E-state index is -0.423. The molecule has 0 bridgehead atoms. The number of nitrogens with one attached hydrogen (secondary N) is 1. The number of thioether (sulfide) groups is 1. The Morgan fingerprint density at radius 3 is 3.11 bits per heavy atom. The van der Waals surface area contributed by atoms with Gasteiger partial charge in [-0.25, -0.2) is 5.43 Å². The SMILES string of the molecule is O=C1CN2C(=NN1)CSc1cc([N+](=O)[O-])ccc12. The molecule has 0 atom stereocenters. The number of nitro benzene ring substituents is 1. The van der Waals surface area contributed by atoms with Gasteiger partial charge in [-0.1, -0.05) is 0 Å². The van der Waals surface area contributed by atoms with Crippen molar-refractivity contribution in [1.82, 2.24) is 5.43 Å². The van der Waals surface area contributed by atoms with Crippen molar-refractivity contribution in [2.45, 2.75) is 4.90 Å². The van der Waals surface area contributed by atoms with Crippen molar-refractivity contribution in [2.75, 3.05) is 17.2 Å². The van der Waals surface area contributed by atoms with Crippen molar-refractivity contribution in [3.8, 4) is 0 Å². The summed E-state index contributed by atoms with van der Waals surface area (Å²) in [5.74, 6) is 1.17. The number of carbonyl (C=O) groups excluding carboxylic acids is 1. The van der Waals surface area contributed by atoms with E-state index < -0.39 is 4.92 Å².